The molecule has 0 fully saturated rings. The number of hydrogen-bond donors (Lipinski definition) is 1. The van der Waals surface area contributed by atoms with E-state index in [-0.39, 0.29) is 26.1 Å². The Hall–Kier alpha value is -6.19. The number of phosphoric ester groups is 1. The maximum absolute atomic E-state index is 12.9. The minimum Gasteiger partial charge on any atom is -0.462 e. The summed E-state index contributed by atoms with van der Waals surface area (Å²) >= 11 is 0. The van der Waals surface area contributed by atoms with Gasteiger partial charge < -0.3 is 18.9 Å². The molecule has 0 radical (unpaired) electrons. The van der Waals surface area contributed by atoms with Gasteiger partial charge in [-0.05, 0) is 167 Å². The van der Waals surface area contributed by atoms with Crippen molar-refractivity contribution in [2.24, 2.45) is 0 Å². The third-order valence-electron chi connectivity index (χ3n) is 13.9. The number of carbonyl (C=O) groups excluding carboxylic acids is 2. The minimum atomic E-state index is -4.43. The predicted octanol–water partition coefficient (Wildman–Crippen LogP) is 23.9. The Morgan fingerprint density at radius 1 is 0.330 bits per heavy atom. The molecule has 0 aromatic rings. The molecule has 0 aliphatic rings. The van der Waals surface area contributed by atoms with Gasteiger partial charge in [0.05, 0.1) is 27.7 Å². The lowest BCUT2D eigenvalue weighted by Gasteiger charge is -2.24. The van der Waals surface area contributed by atoms with Crippen molar-refractivity contribution in [2.45, 2.75) is 225 Å². The second kappa shape index (κ2) is 71.1. The largest absolute Gasteiger partial charge is 0.472 e. The van der Waals surface area contributed by atoms with Crippen molar-refractivity contribution in [1.82, 2.24) is 0 Å². The van der Waals surface area contributed by atoms with E-state index in [1.165, 1.54) is 0 Å². The Morgan fingerprint density at radius 3 is 0.872 bits per heavy atom. The second-order valence-corrected chi connectivity index (χ2v) is 25.3. The van der Waals surface area contributed by atoms with Crippen molar-refractivity contribution < 1.29 is 42.1 Å². The number of phosphoric acid groups is 1. The molecule has 94 heavy (non-hydrogen) atoms. The normalized spacial score (nSPS) is 14.6. The summed E-state index contributed by atoms with van der Waals surface area (Å²) in [5.74, 6) is -0.888. The molecule has 9 nitrogen and oxygen atoms in total. The molecule has 0 amide bonds. The average molecular weight is 1310 g/mol. The molecular weight excluding hydrogens is 1180 g/mol. The summed E-state index contributed by atoms with van der Waals surface area (Å²) in [5.41, 5.74) is 0. The Kier molecular flexibility index (Phi) is 66.4. The number of likely N-dealkylation sites (N-methyl/N-ethyl adjacent to an activating group) is 1. The molecular formula is C84H129NO8P+. The Bertz CT molecular complexity index is 2490. The summed E-state index contributed by atoms with van der Waals surface area (Å²) in [7, 11) is 1.40. The topological polar surface area (TPSA) is 108 Å². The fraction of sp³-hybridized carbons (Fsp3) is 0.500. The van der Waals surface area contributed by atoms with E-state index in [0.717, 1.165) is 180 Å². The van der Waals surface area contributed by atoms with E-state index in [9.17, 15) is 19.0 Å². The molecule has 0 rings (SSSR count). The van der Waals surface area contributed by atoms with Crippen LogP contribution < -0.4 is 0 Å². The number of carbonyl (C=O) groups is 2. The predicted molar refractivity (Wildman–Crippen MR) is 407 cm³/mol. The first kappa shape index (κ1) is 87.8. The highest BCUT2D eigenvalue weighted by molar-refractivity contribution is 7.47. The molecule has 2 atom stereocenters. The Morgan fingerprint density at radius 2 is 0.574 bits per heavy atom. The zero-order valence-electron chi connectivity index (χ0n) is 59.3. The minimum absolute atomic E-state index is 0.00573. The lowest BCUT2D eigenvalue weighted by molar-refractivity contribution is -0.870. The van der Waals surface area contributed by atoms with Crippen molar-refractivity contribution in [3.05, 3.63) is 243 Å². The van der Waals surface area contributed by atoms with Crippen LogP contribution in [0.25, 0.3) is 0 Å². The van der Waals surface area contributed by atoms with Crippen LogP contribution in [0.15, 0.2) is 243 Å². The van der Waals surface area contributed by atoms with E-state index in [1.54, 1.807) is 0 Å². The zero-order valence-corrected chi connectivity index (χ0v) is 60.2. The van der Waals surface area contributed by atoms with Crippen molar-refractivity contribution in [1.29, 1.82) is 0 Å². The van der Waals surface area contributed by atoms with E-state index in [1.807, 2.05) is 21.1 Å². The molecule has 522 valence electrons. The average Bonchev–Trinajstić information content (AvgIpc) is 1.56. The van der Waals surface area contributed by atoms with E-state index >= 15 is 0 Å². The van der Waals surface area contributed by atoms with Gasteiger partial charge in [0.15, 0.2) is 6.10 Å². The van der Waals surface area contributed by atoms with Gasteiger partial charge in [-0.3, -0.25) is 18.6 Å². The van der Waals surface area contributed by atoms with Crippen LogP contribution in [-0.2, 0) is 32.7 Å². The lowest BCUT2D eigenvalue weighted by Crippen LogP contribution is -2.37. The standard InChI is InChI=1S/C84H128NO8P/c1-6-8-10-12-14-16-18-20-22-24-26-28-30-32-34-36-38-39-40-41-42-43-44-45-47-49-51-53-55-57-59-61-63-65-67-69-71-73-75-77-84(87)93-82(81-92-94(88,89)91-79-78-85(3,4)5)80-90-83(86)76-74-72-70-68-66-64-62-60-58-56-54-52-50-48-46-37-35-33-31-29-27-25-23-21-19-17-15-13-11-9-7-2/h8-11,14-17,20-23,26-29,32-35,38-39,41-42,44-46,48-49,51-52,54-55,57-58,60-61,63,67,69,82H,6-7,12-13,18-19,24-25,30-31,36-37,40,43,47,50,53,56,59,62,64-66,68,70-81H2,1-5H3/p+1/b10-8-,11-9-,16-14-,17-15-,22-20-,23-21-,28-26-,29-27-,34-32-,35-33-,39-38-,42-41-,45-44-,48-46-,51-49-,54-52-,57-55-,60-58-,63-61-,69-67-. The summed E-state index contributed by atoms with van der Waals surface area (Å²) in [6, 6.07) is 0. The molecule has 2 unspecified atom stereocenters. The third-order valence-corrected chi connectivity index (χ3v) is 14.9. The van der Waals surface area contributed by atoms with Crippen LogP contribution in [0.3, 0.4) is 0 Å². The summed E-state index contributed by atoms with van der Waals surface area (Å²) < 4.78 is 34.6. The molecule has 0 aromatic heterocycles. The molecule has 0 aliphatic heterocycles. The molecule has 0 aliphatic carbocycles. The highest BCUT2D eigenvalue weighted by atomic mass is 31.2. The quantitative estimate of drug-likeness (QED) is 0.0211. The number of unbranched alkanes of at least 4 members (excludes halogenated alkanes) is 8. The van der Waals surface area contributed by atoms with Crippen molar-refractivity contribution in [2.75, 3.05) is 47.5 Å². The first-order valence-electron chi connectivity index (χ1n) is 35.8. The molecule has 0 bridgehead atoms. The molecule has 0 saturated heterocycles. The van der Waals surface area contributed by atoms with E-state index in [0.29, 0.717) is 23.9 Å². The van der Waals surface area contributed by atoms with Gasteiger partial charge in [-0.2, -0.15) is 0 Å². The summed E-state index contributed by atoms with van der Waals surface area (Å²) in [5, 5.41) is 0. The Labute approximate surface area is 574 Å². The van der Waals surface area contributed by atoms with Crippen molar-refractivity contribution in [3.63, 3.8) is 0 Å². The molecule has 0 heterocycles. The second-order valence-electron chi connectivity index (χ2n) is 23.8. The summed E-state index contributed by atoms with van der Waals surface area (Å²) in [4.78, 5) is 35.9. The van der Waals surface area contributed by atoms with Crippen LogP contribution in [0.5, 0.6) is 0 Å². The van der Waals surface area contributed by atoms with Gasteiger partial charge in [0.1, 0.15) is 19.8 Å². The molecule has 0 aromatic carbocycles. The fourth-order valence-electron chi connectivity index (χ4n) is 8.48. The van der Waals surface area contributed by atoms with E-state index < -0.39 is 32.5 Å². The van der Waals surface area contributed by atoms with Gasteiger partial charge in [0.25, 0.3) is 0 Å². The number of quaternary nitrogens is 1. The van der Waals surface area contributed by atoms with Gasteiger partial charge in [-0.15, -0.1) is 0 Å². The van der Waals surface area contributed by atoms with Crippen LogP contribution in [-0.4, -0.2) is 74.9 Å². The number of esters is 2. The van der Waals surface area contributed by atoms with E-state index in [2.05, 4.69) is 257 Å². The van der Waals surface area contributed by atoms with Crippen LogP contribution in [0.2, 0.25) is 0 Å². The van der Waals surface area contributed by atoms with Crippen LogP contribution in [0.4, 0.5) is 0 Å². The molecule has 10 heteroatoms. The number of nitrogens with zero attached hydrogens (tertiary/aromatic N) is 1. The first-order valence-corrected chi connectivity index (χ1v) is 37.3. The van der Waals surface area contributed by atoms with Gasteiger partial charge in [0.2, 0.25) is 0 Å². The highest BCUT2D eigenvalue weighted by Crippen LogP contribution is 2.43. The number of hydrogen-bond acceptors (Lipinski definition) is 7. The van der Waals surface area contributed by atoms with Crippen LogP contribution in [0.1, 0.15) is 219 Å². The highest BCUT2D eigenvalue weighted by Gasteiger charge is 2.27. The van der Waals surface area contributed by atoms with Crippen molar-refractivity contribution in [3.8, 4) is 0 Å². The number of ether oxygens (including phenoxy) is 2. The molecule has 1 N–H and O–H groups in total. The zero-order chi connectivity index (χ0) is 68.3. The smallest absolute Gasteiger partial charge is 0.462 e. The monoisotopic (exact) mass is 1310 g/mol. The summed E-state index contributed by atoms with van der Waals surface area (Å²) in [6.45, 7) is 4.09. The Balaban J connectivity index is 4.28. The van der Waals surface area contributed by atoms with Gasteiger partial charge in [-0.25, -0.2) is 4.57 Å². The summed E-state index contributed by atoms with van der Waals surface area (Å²) in [6.07, 6.45) is 117. The fourth-order valence-corrected chi connectivity index (χ4v) is 9.22. The van der Waals surface area contributed by atoms with Gasteiger partial charge in [-0.1, -0.05) is 283 Å². The van der Waals surface area contributed by atoms with E-state index in [4.69, 9.17) is 18.5 Å². The lowest BCUT2D eigenvalue weighted by atomic mass is 10.1. The van der Waals surface area contributed by atoms with Gasteiger partial charge >= 0.3 is 19.8 Å². The number of allylic oxidation sites excluding steroid dienone is 40. The molecule has 0 saturated carbocycles. The first-order chi connectivity index (χ1) is 46.0. The maximum Gasteiger partial charge on any atom is 0.472 e. The van der Waals surface area contributed by atoms with Crippen molar-refractivity contribution >= 4 is 19.8 Å². The van der Waals surface area contributed by atoms with Crippen LogP contribution in [0, 0.1) is 0 Å². The van der Waals surface area contributed by atoms with Crippen LogP contribution >= 0.6 is 7.82 Å². The third kappa shape index (κ3) is 74.8. The molecule has 0 spiro atoms. The van der Waals surface area contributed by atoms with Gasteiger partial charge in [0, 0.05) is 12.8 Å². The number of rotatable bonds is 62. The SMILES string of the molecule is CC/C=C\C/C=C\C/C=C\C/C=C\C/C=C\C/C=C\C/C=C\C/C=C\C/C=C\C/C=C\C/C=C\C/C=C\CCCCC(=O)OC(COC(=O)CCCCCCCC/C=C\C/C=C\C/C=C\C/C=C\C/C=C\C/C=C\C/C=C\C/C=C\CC)COP(=O)(O)OCC[N+](C)(C)C. The maximum atomic E-state index is 12.9.